The van der Waals surface area contributed by atoms with Gasteiger partial charge in [-0.1, -0.05) is 91.0 Å². The molecule has 2 N–H and O–H groups in total. The summed E-state index contributed by atoms with van der Waals surface area (Å²) >= 11 is 0. The maximum absolute atomic E-state index is 6.73. The molecule has 0 aliphatic rings. The lowest BCUT2D eigenvalue weighted by atomic mass is 9.80. The molecule has 0 heterocycles. The minimum atomic E-state index is -0.752. The highest BCUT2D eigenvalue weighted by Crippen LogP contribution is 2.40. The van der Waals surface area contributed by atoms with Crippen molar-refractivity contribution in [3.8, 4) is 5.75 Å². The number of anilines is 1. The number of ether oxygens (including phenoxy) is 10. The van der Waals surface area contributed by atoms with Crippen molar-refractivity contribution in [2.75, 3.05) is 125 Å². The van der Waals surface area contributed by atoms with Gasteiger partial charge >= 0.3 is 0 Å². The van der Waals surface area contributed by atoms with Gasteiger partial charge in [0.05, 0.1) is 112 Å². The third-order valence-corrected chi connectivity index (χ3v) is 8.07. The van der Waals surface area contributed by atoms with Crippen molar-refractivity contribution in [3.05, 3.63) is 132 Å². The van der Waals surface area contributed by atoms with E-state index in [2.05, 4.69) is 36.4 Å². The van der Waals surface area contributed by atoms with Crippen molar-refractivity contribution < 1.29 is 47.4 Å². The van der Waals surface area contributed by atoms with E-state index in [1.54, 1.807) is 12.1 Å². The number of benzene rings is 4. The standard InChI is InChI=1S/C43H57NO10/c44-41-16-18-42(19-17-41)53-36-34-51-32-30-49-28-26-47-24-22-45-20-21-46-23-25-48-27-29-50-31-33-52-35-37-54-43(38-10-4-1-5-11-38,39-12-6-2-7-13-39)40-14-8-3-9-15-40/h1-19H,20-37,44H2. The van der Waals surface area contributed by atoms with Gasteiger partial charge in [-0.25, -0.2) is 0 Å². The summed E-state index contributed by atoms with van der Waals surface area (Å²) in [6.07, 6.45) is 0. The minimum Gasteiger partial charge on any atom is -0.491 e. The molecule has 294 valence electrons. The number of hydrogen-bond donors (Lipinski definition) is 1. The molecule has 54 heavy (non-hydrogen) atoms. The van der Waals surface area contributed by atoms with E-state index in [4.69, 9.17) is 53.1 Å². The van der Waals surface area contributed by atoms with Gasteiger partial charge in [-0.3, -0.25) is 0 Å². The second-order valence-electron chi connectivity index (χ2n) is 11.9. The van der Waals surface area contributed by atoms with E-state index in [-0.39, 0.29) is 0 Å². The van der Waals surface area contributed by atoms with Crippen LogP contribution in [0.2, 0.25) is 0 Å². The van der Waals surface area contributed by atoms with Gasteiger partial charge in [-0.05, 0) is 41.0 Å². The molecule has 0 spiro atoms. The van der Waals surface area contributed by atoms with E-state index in [9.17, 15) is 0 Å². The minimum absolute atomic E-state index is 0.415. The molecule has 11 heteroatoms. The van der Waals surface area contributed by atoms with Gasteiger partial charge in [0.2, 0.25) is 0 Å². The molecule has 4 aromatic carbocycles. The fourth-order valence-electron chi connectivity index (χ4n) is 5.45. The number of rotatable bonds is 32. The number of nitrogen functional groups attached to an aromatic ring is 1. The van der Waals surface area contributed by atoms with Gasteiger partial charge in [0, 0.05) is 5.69 Å². The van der Waals surface area contributed by atoms with Gasteiger partial charge < -0.3 is 53.1 Å². The van der Waals surface area contributed by atoms with Crippen LogP contribution in [0.15, 0.2) is 115 Å². The molecule has 0 fully saturated rings. The van der Waals surface area contributed by atoms with Crippen molar-refractivity contribution in [1.82, 2.24) is 0 Å². The fourth-order valence-corrected chi connectivity index (χ4v) is 5.45. The van der Waals surface area contributed by atoms with Crippen LogP contribution < -0.4 is 10.5 Å². The van der Waals surface area contributed by atoms with Crippen molar-refractivity contribution >= 4 is 5.69 Å². The average Bonchev–Trinajstić information content (AvgIpc) is 3.22. The lowest BCUT2D eigenvalue weighted by Crippen LogP contribution is -2.34. The van der Waals surface area contributed by atoms with E-state index in [0.717, 1.165) is 22.4 Å². The Morgan fingerprint density at radius 1 is 0.315 bits per heavy atom. The lowest BCUT2D eigenvalue weighted by molar-refractivity contribution is -0.0398. The summed E-state index contributed by atoms with van der Waals surface area (Å²) in [5.41, 5.74) is 8.81. The van der Waals surface area contributed by atoms with Gasteiger partial charge in [0.25, 0.3) is 0 Å². The lowest BCUT2D eigenvalue weighted by Gasteiger charge is -2.36. The average molecular weight is 748 g/mol. The fraction of sp³-hybridized carbons (Fsp3) is 0.442. The Morgan fingerprint density at radius 2 is 0.593 bits per heavy atom. The van der Waals surface area contributed by atoms with E-state index >= 15 is 0 Å². The van der Waals surface area contributed by atoms with E-state index in [1.807, 2.05) is 66.7 Å². The SMILES string of the molecule is Nc1ccc(OCCOCCOCCOCCOCCOCCOCCOCCOCCOC(c2ccccc2)(c2ccccc2)c2ccccc2)cc1. The molecule has 0 aliphatic heterocycles. The molecule has 0 amide bonds. The molecular formula is C43H57NO10. The topological polar surface area (TPSA) is 118 Å². The van der Waals surface area contributed by atoms with Crippen LogP contribution in [0.4, 0.5) is 5.69 Å². The summed E-state index contributed by atoms with van der Waals surface area (Å²) < 4.78 is 57.0. The van der Waals surface area contributed by atoms with E-state index < -0.39 is 5.60 Å². The summed E-state index contributed by atoms with van der Waals surface area (Å²) in [5, 5.41) is 0. The zero-order valence-corrected chi connectivity index (χ0v) is 31.4. The van der Waals surface area contributed by atoms with Crippen LogP contribution in [-0.4, -0.2) is 119 Å². The molecule has 0 atom stereocenters. The van der Waals surface area contributed by atoms with Crippen molar-refractivity contribution in [3.63, 3.8) is 0 Å². The number of hydrogen-bond acceptors (Lipinski definition) is 11. The van der Waals surface area contributed by atoms with Gasteiger partial charge in [0.15, 0.2) is 0 Å². The van der Waals surface area contributed by atoms with Crippen molar-refractivity contribution in [1.29, 1.82) is 0 Å². The van der Waals surface area contributed by atoms with Crippen molar-refractivity contribution in [2.24, 2.45) is 0 Å². The highest BCUT2D eigenvalue weighted by molar-refractivity contribution is 5.47. The highest BCUT2D eigenvalue weighted by atomic mass is 16.6. The van der Waals surface area contributed by atoms with Crippen LogP contribution in [-0.2, 0) is 48.2 Å². The largest absolute Gasteiger partial charge is 0.491 e. The summed E-state index contributed by atoms with van der Waals surface area (Å²) in [5.74, 6) is 0.771. The van der Waals surface area contributed by atoms with E-state index in [1.165, 1.54) is 0 Å². The smallest absolute Gasteiger partial charge is 0.143 e. The Balaban J connectivity index is 0.895. The Morgan fingerprint density at radius 3 is 0.907 bits per heavy atom. The molecule has 0 radical (unpaired) electrons. The Hall–Kier alpha value is -3.88. The molecule has 11 nitrogen and oxygen atoms in total. The van der Waals surface area contributed by atoms with Crippen LogP contribution in [0.1, 0.15) is 16.7 Å². The van der Waals surface area contributed by atoms with E-state index in [0.29, 0.717) is 125 Å². The highest BCUT2D eigenvalue weighted by Gasteiger charge is 2.37. The third-order valence-electron chi connectivity index (χ3n) is 8.07. The van der Waals surface area contributed by atoms with Gasteiger partial charge in [-0.15, -0.1) is 0 Å². The normalized spacial score (nSPS) is 11.6. The maximum atomic E-state index is 6.73. The monoisotopic (exact) mass is 747 g/mol. The molecule has 4 aromatic rings. The molecule has 0 aliphatic carbocycles. The molecule has 0 saturated carbocycles. The summed E-state index contributed by atoms with van der Waals surface area (Å²) in [6.45, 7) is 8.76. The molecule has 0 unspecified atom stereocenters. The second-order valence-corrected chi connectivity index (χ2v) is 11.9. The van der Waals surface area contributed by atoms with Crippen LogP contribution in [0.3, 0.4) is 0 Å². The molecule has 0 saturated heterocycles. The Bertz CT molecular complexity index is 1350. The zero-order chi connectivity index (χ0) is 37.6. The second kappa shape index (κ2) is 27.7. The first-order valence-corrected chi connectivity index (χ1v) is 18.7. The maximum Gasteiger partial charge on any atom is 0.143 e. The zero-order valence-electron chi connectivity index (χ0n) is 31.4. The van der Waals surface area contributed by atoms with Crippen LogP contribution in [0, 0.1) is 0 Å². The first kappa shape index (κ1) is 42.9. The van der Waals surface area contributed by atoms with Crippen molar-refractivity contribution in [2.45, 2.75) is 5.60 Å². The molecule has 0 bridgehead atoms. The van der Waals surface area contributed by atoms with Crippen LogP contribution in [0.25, 0.3) is 0 Å². The van der Waals surface area contributed by atoms with Crippen LogP contribution in [0.5, 0.6) is 5.75 Å². The Labute approximate surface area is 320 Å². The molecule has 0 aromatic heterocycles. The summed E-state index contributed by atoms with van der Waals surface area (Å²) in [4.78, 5) is 0. The summed E-state index contributed by atoms with van der Waals surface area (Å²) in [6, 6.07) is 38.3. The van der Waals surface area contributed by atoms with Crippen LogP contribution >= 0.6 is 0 Å². The third kappa shape index (κ3) is 16.6. The van der Waals surface area contributed by atoms with Gasteiger partial charge in [-0.2, -0.15) is 0 Å². The first-order chi connectivity index (χ1) is 26.8. The first-order valence-electron chi connectivity index (χ1n) is 18.7. The predicted molar refractivity (Wildman–Crippen MR) is 208 cm³/mol. The Kier molecular flexibility index (Phi) is 22.0. The summed E-state index contributed by atoms with van der Waals surface area (Å²) in [7, 11) is 0. The number of nitrogens with two attached hydrogens (primary N) is 1. The molecular weight excluding hydrogens is 690 g/mol. The van der Waals surface area contributed by atoms with Gasteiger partial charge in [0.1, 0.15) is 18.0 Å². The molecule has 4 rings (SSSR count). The quantitative estimate of drug-likeness (QED) is 0.0372. The predicted octanol–water partition coefficient (Wildman–Crippen LogP) is 5.79.